The van der Waals surface area contributed by atoms with E-state index in [0.29, 0.717) is 16.7 Å². The van der Waals surface area contributed by atoms with Gasteiger partial charge in [-0.2, -0.15) is 0 Å². The summed E-state index contributed by atoms with van der Waals surface area (Å²) in [5.74, 6) is 0.646. The van der Waals surface area contributed by atoms with Crippen molar-refractivity contribution in [2.24, 2.45) is 16.7 Å². The minimum Gasteiger partial charge on any atom is -0.358 e. The Balaban J connectivity index is 2.31. The second-order valence-corrected chi connectivity index (χ2v) is 7.87. The molecular weight excluding hydrogens is 230 g/mol. The van der Waals surface area contributed by atoms with Gasteiger partial charge in [-0.05, 0) is 40.7 Å². The predicted octanol–water partition coefficient (Wildman–Crippen LogP) is 5.42. The quantitative estimate of drug-likeness (QED) is 0.739. The highest BCUT2D eigenvalue weighted by Gasteiger charge is 2.34. The van der Waals surface area contributed by atoms with Gasteiger partial charge in [0, 0.05) is 11.2 Å². The fourth-order valence-corrected chi connectivity index (χ4v) is 3.37. The molecule has 0 fully saturated rings. The van der Waals surface area contributed by atoms with Crippen LogP contribution in [-0.4, -0.2) is 4.98 Å². The van der Waals surface area contributed by atoms with Crippen molar-refractivity contribution in [2.45, 2.75) is 48.0 Å². The molecule has 1 heterocycles. The van der Waals surface area contributed by atoms with Crippen LogP contribution in [0.4, 0.5) is 0 Å². The van der Waals surface area contributed by atoms with E-state index in [9.17, 15) is 0 Å². The van der Waals surface area contributed by atoms with E-state index < -0.39 is 0 Å². The monoisotopic (exact) mass is 257 g/mol. The maximum atomic E-state index is 3.57. The fraction of sp³-hybridized carbons (Fsp3) is 0.556. The van der Waals surface area contributed by atoms with Gasteiger partial charge in [0.25, 0.3) is 0 Å². The molecule has 1 aromatic carbocycles. The first kappa shape index (κ1) is 14.2. The third-order valence-electron chi connectivity index (χ3n) is 4.10. The van der Waals surface area contributed by atoms with Crippen molar-refractivity contribution in [3.05, 3.63) is 36.0 Å². The van der Waals surface area contributed by atoms with Crippen molar-refractivity contribution in [2.75, 3.05) is 0 Å². The Bertz CT molecular complexity index is 502. The van der Waals surface area contributed by atoms with Crippen molar-refractivity contribution in [3.63, 3.8) is 0 Å². The maximum Gasteiger partial charge on any atom is 0.0456 e. The molecule has 1 heteroatoms. The first-order valence-electron chi connectivity index (χ1n) is 7.24. The average molecular weight is 257 g/mol. The van der Waals surface area contributed by atoms with Crippen LogP contribution in [0.25, 0.3) is 10.9 Å². The lowest BCUT2D eigenvalue weighted by molar-refractivity contribution is 0.101. The molecule has 0 bridgehead atoms. The minimum absolute atomic E-state index is 0.315. The van der Waals surface area contributed by atoms with Crippen molar-refractivity contribution >= 4 is 10.9 Å². The van der Waals surface area contributed by atoms with E-state index in [-0.39, 0.29) is 0 Å². The lowest BCUT2D eigenvalue weighted by Gasteiger charge is -2.40. The second kappa shape index (κ2) is 4.70. The molecule has 0 atom stereocenters. The Morgan fingerprint density at radius 1 is 0.947 bits per heavy atom. The summed E-state index contributed by atoms with van der Waals surface area (Å²) < 4.78 is 0. The number of hydrogen-bond acceptors (Lipinski definition) is 0. The number of benzene rings is 1. The second-order valence-electron chi connectivity index (χ2n) is 7.87. The van der Waals surface area contributed by atoms with E-state index in [1.165, 1.54) is 16.6 Å². The number of aromatic amines is 1. The summed E-state index contributed by atoms with van der Waals surface area (Å²) in [4.78, 5) is 3.57. The Morgan fingerprint density at radius 2 is 1.53 bits per heavy atom. The predicted molar refractivity (Wildman–Crippen MR) is 84.4 cm³/mol. The zero-order valence-electron chi connectivity index (χ0n) is 13.2. The van der Waals surface area contributed by atoms with Gasteiger partial charge in [-0.3, -0.25) is 0 Å². The minimum atomic E-state index is 0.315. The molecule has 0 spiro atoms. The van der Waals surface area contributed by atoms with Gasteiger partial charge in [-0.25, -0.2) is 0 Å². The van der Waals surface area contributed by atoms with Gasteiger partial charge in [0.2, 0.25) is 0 Å². The number of para-hydroxylation sites is 1. The first-order valence-corrected chi connectivity index (χ1v) is 7.24. The normalized spacial score (nSPS) is 13.4. The summed E-state index contributed by atoms with van der Waals surface area (Å²) >= 11 is 0. The van der Waals surface area contributed by atoms with Crippen LogP contribution in [0.1, 0.15) is 47.2 Å². The van der Waals surface area contributed by atoms with Gasteiger partial charge in [0.15, 0.2) is 0 Å². The van der Waals surface area contributed by atoms with E-state index in [2.05, 4.69) is 76.9 Å². The molecule has 2 rings (SSSR count). The van der Waals surface area contributed by atoms with Crippen LogP contribution in [0.2, 0.25) is 0 Å². The molecular formula is C18H27N. The Kier molecular flexibility index (Phi) is 3.51. The highest BCUT2D eigenvalue weighted by Crippen LogP contribution is 2.42. The van der Waals surface area contributed by atoms with Gasteiger partial charge in [0.05, 0.1) is 0 Å². The number of nitrogens with one attached hydrogen (secondary N) is 1. The number of aromatic nitrogens is 1. The van der Waals surface area contributed by atoms with Gasteiger partial charge in [0.1, 0.15) is 0 Å². The Labute approximate surface area is 117 Å². The summed E-state index contributed by atoms with van der Waals surface area (Å²) in [6.45, 7) is 14.1. The topological polar surface area (TPSA) is 15.8 Å². The highest BCUT2D eigenvalue weighted by molar-refractivity contribution is 5.80. The van der Waals surface area contributed by atoms with Crippen LogP contribution in [-0.2, 0) is 6.42 Å². The summed E-state index contributed by atoms with van der Waals surface area (Å²) in [6, 6.07) is 10.8. The molecule has 0 aliphatic heterocycles. The highest BCUT2D eigenvalue weighted by atomic mass is 14.7. The molecule has 0 saturated heterocycles. The van der Waals surface area contributed by atoms with Crippen LogP contribution in [0.3, 0.4) is 0 Å². The lowest BCUT2D eigenvalue weighted by atomic mass is 9.65. The van der Waals surface area contributed by atoms with Crippen molar-refractivity contribution < 1.29 is 0 Å². The summed E-state index contributed by atoms with van der Waals surface area (Å²) in [5, 5.41) is 1.32. The van der Waals surface area contributed by atoms with Crippen molar-refractivity contribution in [1.29, 1.82) is 0 Å². The number of rotatable bonds is 2. The number of fused-ring (bicyclic) bond motifs is 1. The lowest BCUT2D eigenvalue weighted by Crippen LogP contribution is -2.34. The third kappa shape index (κ3) is 3.20. The standard InChI is InChI=1S/C18H27N/c1-17(2,3)16(18(4,5)6)12-14-11-13-9-7-8-10-15(13)19-14/h7-11,16,19H,12H2,1-6H3. The fourth-order valence-electron chi connectivity index (χ4n) is 3.37. The van der Waals surface area contributed by atoms with Gasteiger partial charge in [-0.1, -0.05) is 59.7 Å². The molecule has 0 aliphatic rings. The molecule has 1 N–H and O–H groups in total. The van der Waals surface area contributed by atoms with E-state index in [1.807, 2.05) is 0 Å². The van der Waals surface area contributed by atoms with Gasteiger partial charge < -0.3 is 4.98 Å². The molecule has 1 aromatic heterocycles. The number of hydrogen-bond donors (Lipinski definition) is 1. The maximum absolute atomic E-state index is 3.57. The smallest absolute Gasteiger partial charge is 0.0456 e. The van der Waals surface area contributed by atoms with Crippen molar-refractivity contribution in [1.82, 2.24) is 4.98 Å². The molecule has 0 aliphatic carbocycles. The van der Waals surface area contributed by atoms with Crippen LogP contribution in [0.15, 0.2) is 30.3 Å². The molecule has 0 saturated carbocycles. The molecule has 2 aromatic rings. The largest absolute Gasteiger partial charge is 0.358 e. The van der Waals surface area contributed by atoms with E-state index in [1.54, 1.807) is 0 Å². The average Bonchev–Trinajstić information content (AvgIpc) is 2.65. The van der Waals surface area contributed by atoms with Gasteiger partial charge >= 0.3 is 0 Å². The zero-order valence-corrected chi connectivity index (χ0v) is 13.2. The van der Waals surface area contributed by atoms with Crippen LogP contribution in [0.5, 0.6) is 0 Å². The van der Waals surface area contributed by atoms with Crippen LogP contribution >= 0.6 is 0 Å². The summed E-state index contributed by atoms with van der Waals surface area (Å²) in [5.41, 5.74) is 3.24. The van der Waals surface area contributed by atoms with E-state index >= 15 is 0 Å². The molecule has 1 nitrogen and oxygen atoms in total. The summed E-state index contributed by atoms with van der Waals surface area (Å²) in [6.07, 6.45) is 1.11. The Morgan fingerprint density at radius 3 is 2.05 bits per heavy atom. The number of H-pyrrole nitrogens is 1. The Hall–Kier alpha value is -1.24. The molecule has 19 heavy (non-hydrogen) atoms. The summed E-state index contributed by atoms with van der Waals surface area (Å²) in [7, 11) is 0. The zero-order chi connectivity index (χ0) is 14.3. The SMILES string of the molecule is CC(C)(C)C(Cc1cc2ccccc2[nH]1)C(C)(C)C. The van der Waals surface area contributed by atoms with Crippen LogP contribution < -0.4 is 0 Å². The molecule has 104 valence electrons. The first-order chi connectivity index (χ1) is 8.68. The van der Waals surface area contributed by atoms with Crippen LogP contribution in [0, 0.1) is 16.7 Å². The van der Waals surface area contributed by atoms with E-state index in [0.717, 1.165) is 6.42 Å². The van der Waals surface area contributed by atoms with E-state index in [4.69, 9.17) is 0 Å². The molecule has 0 radical (unpaired) electrons. The van der Waals surface area contributed by atoms with Gasteiger partial charge in [-0.15, -0.1) is 0 Å². The van der Waals surface area contributed by atoms with Crippen molar-refractivity contribution in [3.8, 4) is 0 Å². The third-order valence-corrected chi connectivity index (χ3v) is 4.10. The molecule has 0 unspecified atom stereocenters. The molecule has 0 amide bonds.